The molecule has 1 N–H and O–H groups in total. The standard InChI is InChI=1S/C13H10Cl3NO2S/c14-8-9-1-2-11(16)7-13(9)17-20(18,19)12-5-3-10(15)4-6-12/h1-7,17H,8H2. The van der Waals surface area contributed by atoms with E-state index in [0.29, 0.717) is 21.3 Å². The third kappa shape index (κ3) is 3.58. The highest BCUT2D eigenvalue weighted by molar-refractivity contribution is 7.92. The number of sulfonamides is 1. The number of benzene rings is 2. The van der Waals surface area contributed by atoms with Crippen LogP contribution in [-0.4, -0.2) is 8.42 Å². The van der Waals surface area contributed by atoms with Gasteiger partial charge in [-0.2, -0.15) is 0 Å². The Morgan fingerprint density at radius 2 is 1.55 bits per heavy atom. The maximum Gasteiger partial charge on any atom is 0.261 e. The van der Waals surface area contributed by atoms with E-state index in [0.717, 1.165) is 0 Å². The molecule has 0 bridgehead atoms. The molecule has 7 heteroatoms. The average Bonchev–Trinajstić information content (AvgIpc) is 2.39. The van der Waals surface area contributed by atoms with Crippen molar-refractivity contribution in [3.8, 4) is 0 Å². The quantitative estimate of drug-likeness (QED) is 0.823. The topological polar surface area (TPSA) is 46.2 Å². The molecule has 106 valence electrons. The van der Waals surface area contributed by atoms with Crippen LogP contribution in [0.1, 0.15) is 5.56 Å². The molecule has 0 unspecified atom stereocenters. The van der Waals surface area contributed by atoms with Crippen molar-refractivity contribution < 1.29 is 8.42 Å². The maximum absolute atomic E-state index is 12.3. The monoisotopic (exact) mass is 349 g/mol. The van der Waals surface area contributed by atoms with Crippen molar-refractivity contribution in [1.82, 2.24) is 0 Å². The zero-order valence-corrected chi connectivity index (χ0v) is 13.2. The summed E-state index contributed by atoms with van der Waals surface area (Å²) in [5.74, 6) is 0.176. The molecule has 0 fully saturated rings. The van der Waals surface area contributed by atoms with E-state index in [1.54, 1.807) is 12.1 Å². The number of nitrogens with one attached hydrogen (secondary N) is 1. The van der Waals surface area contributed by atoms with Crippen LogP contribution in [0.25, 0.3) is 0 Å². The molecule has 0 heterocycles. The van der Waals surface area contributed by atoms with Gasteiger partial charge in [-0.25, -0.2) is 8.42 Å². The summed E-state index contributed by atoms with van der Waals surface area (Å²) < 4.78 is 27.0. The Bertz CT molecular complexity index is 715. The van der Waals surface area contributed by atoms with Crippen molar-refractivity contribution in [3.05, 3.63) is 58.1 Å². The van der Waals surface area contributed by atoms with Crippen LogP contribution in [0.2, 0.25) is 10.0 Å². The van der Waals surface area contributed by atoms with Crippen molar-refractivity contribution in [2.45, 2.75) is 10.8 Å². The average molecular weight is 351 g/mol. The van der Waals surface area contributed by atoms with Gasteiger partial charge in [-0.05, 0) is 42.0 Å². The van der Waals surface area contributed by atoms with Gasteiger partial charge in [-0.15, -0.1) is 11.6 Å². The van der Waals surface area contributed by atoms with Crippen LogP contribution in [0.15, 0.2) is 47.4 Å². The van der Waals surface area contributed by atoms with E-state index < -0.39 is 10.0 Å². The van der Waals surface area contributed by atoms with Gasteiger partial charge in [0.25, 0.3) is 10.0 Å². The summed E-state index contributed by atoms with van der Waals surface area (Å²) in [4.78, 5) is 0.113. The third-order valence-electron chi connectivity index (χ3n) is 2.58. The van der Waals surface area contributed by atoms with Crippen molar-refractivity contribution >= 4 is 50.5 Å². The Hall–Kier alpha value is -0.940. The zero-order valence-electron chi connectivity index (χ0n) is 10.1. The highest BCUT2D eigenvalue weighted by Crippen LogP contribution is 2.25. The van der Waals surface area contributed by atoms with Crippen LogP contribution < -0.4 is 4.72 Å². The van der Waals surface area contributed by atoms with Crippen LogP contribution in [0.4, 0.5) is 5.69 Å². The molecule has 0 amide bonds. The minimum absolute atomic E-state index is 0.113. The molecule has 0 aliphatic rings. The lowest BCUT2D eigenvalue weighted by molar-refractivity contribution is 0.601. The van der Waals surface area contributed by atoms with Crippen LogP contribution >= 0.6 is 34.8 Å². The van der Waals surface area contributed by atoms with Crippen molar-refractivity contribution in [1.29, 1.82) is 0 Å². The predicted octanol–water partition coefficient (Wildman–Crippen LogP) is 4.53. The van der Waals surface area contributed by atoms with Gasteiger partial charge in [0.2, 0.25) is 0 Å². The Balaban J connectivity index is 2.37. The fourth-order valence-corrected chi connectivity index (χ4v) is 3.20. The zero-order chi connectivity index (χ0) is 14.8. The van der Waals surface area contributed by atoms with E-state index in [4.69, 9.17) is 34.8 Å². The van der Waals surface area contributed by atoms with Crippen molar-refractivity contribution in [3.63, 3.8) is 0 Å². The first kappa shape index (κ1) is 15.4. The fourth-order valence-electron chi connectivity index (χ4n) is 1.58. The minimum atomic E-state index is -3.71. The van der Waals surface area contributed by atoms with Gasteiger partial charge in [0.1, 0.15) is 0 Å². The second-order valence-electron chi connectivity index (χ2n) is 3.99. The first-order valence-electron chi connectivity index (χ1n) is 5.55. The van der Waals surface area contributed by atoms with Gasteiger partial charge >= 0.3 is 0 Å². The van der Waals surface area contributed by atoms with E-state index in [1.165, 1.54) is 30.3 Å². The Morgan fingerprint density at radius 1 is 0.950 bits per heavy atom. The molecule has 0 radical (unpaired) electrons. The number of alkyl halides is 1. The van der Waals surface area contributed by atoms with Gasteiger partial charge in [0.05, 0.1) is 10.6 Å². The predicted molar refractivity (Wildman–Crippen MR) is 83.3 cm³/mol. The molecule has 2 aromatic rings. The van der Waals surface area contributed by atoms with Crippen molar-refractivity contribution in [2.75, 3.05) is 4.72 Å². The summed E-state index contributed by atoms with van der Waals surface area (Å²) in [5.41, 5.74) is 1.01. The lowest BCUT2D eigenvalue weighted by atomic mass is 10.2. The summed E-state index contributed by atoms with van der Waals surface area (Å²) in [7, 11) is -3.71. The van der Waals surface area contributed by atoms with Crippen LogP contribution in [0.5, 0.6) is 0 Å². The second kappa shape index (κ2) is 6.22. The molecule has 2 rings (SSSR count). The highest BCUT2D eigenvalue weighted by atomic mass is 35.5. The molecule has 3 nitrogen and oxygen atoms in total. The number of hydrogen-bond acceptors (Lipinski definition) is 2. The number of hydrogen-bond donors (Lipinski definition) is 1. The summed E-state index contributed by atoms with van der Waals surface area (Å²) in [5, 5.41) is 0.890. The largest absolute Gasteiger partial charge is 0.279 e. The second-order valence-corrected chi connectivity index (χ2v) is 6.82. The van der Waals surface area contributed by atoms with E-state index >= 15 is 0 Å². The highest BCUT2D eigenvalue weighted by Gasteiger charge is 2.16. The molecule has 0 saturated heterocycles. The summed E-state index contributed by atoms with van der Waals surface area (Å²) in [6, 6.07) is 10.7. The van der Waals surface area contributed by atoms with Crippen LogP contribution in [0.3, 0.4) is 0 Å². The van der Waals surface area contributed by atoms with Gasteiger partial charge in [-0.3, -0.25) is 4.72 Å². The molecule has 2 aromatic carbocycles. The summed E-state index contributed by atoms with van der Waals surface area (Å²) >= 11 is 17.4. The number of rotatable bonds is 4. The molecule has 20 heavy (non-hydrogen) atoms. The van der Waals surface area contributed by atoms with E-state index in [1.807, 2.05) is 0 Å². The molecule has 0 aliphatic heterocycles. The van der Waals surface area contributed by atoms with E-state index in [9.17, 15) is 8.42 Å². The Kier molecular flexibility index (Phi) is 4.81. The smallest absolute Gasteiger partial charge is 0.261 e. The molecule has 0 aliphatic carbocycles. The molecule has 0 atom stereocenters. The summed E-state index contributed by atoms with van der Waals surface area (Å²) in [6.45, 7) is 0. The Morgan fingerprint density at radius 3 is 2.15 bits per heavy atom. The SMILES string of the molecule is O=S(=O)(Nc1cc(Cl)ccc1CCl)c1ccc(Cl)cc1. The van der Waals surface area contributed by atoms with Gasteiger partial charge in [0.15, 0.2) is 0 Å². The minimum Gasteiger partial charge on any atom is -0.279 e. The molecular weight excluding hydrogens is 341 g/mol. The summed E-state index contributed by atoms with van der Waals surface area (Å²) in [6.07, 6.45) is 0. The fraction of sp³-hybridized carbons (Fsp3) is 0.0769. The normalized spacial score (nSPS) is 11.3. The lowest BCUT2D eigenvalue weighted by Gasteiger charge is -2.11. The van der Waals surface area contributed by atoms with E-state index in [-0.39, 0.29) is 10.8 Å². The Labute approximate surface area is 132 Å². The van der Waals surface area contributed by atoms with Crippen molar-refractivity contribution in [2.24, 2.45) is 0 Å². The molecular formula is C13H10Cl3NO2S. The van der Waals surface area contributed by atoms with Crippen LogP contribution in [0, 0.1) is 0 Å². The van der Waals surface area contributed by atoms with Crippen LogP contribution in [-0.2, 0) is 15.9 Å². The third-order valence-corrected chi connectivity index (χ3v) is 4.74. The van der Waals surface area contributed by atoms with Gasteiger partial charge < -0.3 is 0 Å². The first-order chi connectivity index (χ1) is 9.42. The first-order valence-corrected chi connectivity index (χ1v) is 8.32. The van der Waals surface area contributed by atoms with Gasteiger partial charge in [-0.1, -0.05) is 29.3 Å². The molecule has 0 spiro atoms. The van der Waals surface area contributed by atoms with Gasteiger partial charge in [0, 0.05) is 15.9 Å². The molecule has 0 aromatic heterocycles. The lowest BCUT2D eigenvalue weighted by Crippen LogP contribution is -2.14. The number of anilines is 1. The maximum atomic E-state index is 12.3. The number of halogens is 3. The molecule has 0 saturated carbocycles. The van der Waals surface area contributed by atoms with E-state index in [2.05, 4.69) is 4.72 Å².